The van der Waals surface area contributed by atoms with Gasteiger partial charge >= 0.3 is 6.18 Å². The van der Waals surface area contributed by atoms with Crippen molar-refractivity contribution in [1.29, 1.82) is 0 Å². The number of ether oxygens (including phenoxy) is 1. The van der Waals surface area contributed by atoms with Crippen LogP contribution in [0.4, 0.5) is 28.9 Å². The zero-order valence-corrected chi connectivity index (χ0v) is 17.6. The van der Waals surface area contributed by atoms with Crippen LogP contribution in [0.25, 0.3) is 0 Å². The van der Waals surface area contributed by atoms with Gasteiger partial charge in [0.25, 0.3) is 5.91 Å². The number of halogens is 5. The minimum Gasteiger partial charge on any atom is -0.495 e. The van der Waals surface area contributed by atoms with Crippen LogP contribution < -0.4 is 20.7 Å². The van der Waals surface area contributed by atoms with Crippen LogP contribution in [0.5, 0.6) is 5.75 Å². The predicted octanol–water partition coefficient (Wildman–Crippen LogP) is 4.45. The fourth-order valence-corrected chi connectivity index (χ4v) is 2.73. The van der Waals surface area contributed by atoms with Crippen molar-refractivity contribution in [3.8, 4) is 5.75 Å². The van der Waals surface area contributed by atoms with Crippen LogP contribution in [0.1, 0.15) is 21.5 Å². The van der Waals surface area contributed by atoms with Crippen molar-refractivity contribution >= 4 is 34.8 Å². The number of amides is 2. The molecule has 11 heteroatoms. The van der Waals surface area contributed by atoms with Crippen molar-refractivity contribution in [1.82, 2.24) is 5.32 Å². The molecular weight excluding hydrogens is 442 g/mol. The van der Waals surface area contributed by atoms with Crippen molar-refractivity contribution < 1.29 is 31.9 Å². The number of carbonyl (C=O) groups excluding carboxylic acids is 2. The van der Waals surface area contributed by atoms with Crippen LogP contribution in [0.2, 0.25) is 5.02 Å². The second-order valence-corrected chi connectivity index (χ2v) is 7.04. The first-order valence-corrected chi connectivity index (χ1v) is 9.32. The quantitative estimate of drug-likeness (QED) is 0.532. The molecule has 2 amide bonds. The van der Waals surface area contributed by atoms with E-state index in [0.29, 0.717) is 22.0 Å². The fraction of sp³-hybridized carbons (Fsp3) is 0.300. The summed E-state index contributed by atoms with van der Waals surface area (Å²) in [4.78, 5) is 24.2. The highest BCUT2D eigenvalue weighted by atomic mass is 35.5. The Morgan fingerprint density at radius 2 is 1.77 bits per heavy atom. The van der Waals surface area contributed by atoms with Gasteiger partial charge in [0, 0.05) is 27.9 Å². The average Bonchev–Trinajstić information content (AvgIpc) is 2.69. The molecule has 0 unspecified atom stereocenters. The molecule has 0 aliphatic carbocycles. The first-order valence-electron chi connectivity index (χ1n) is 8.94. The molecule has 0 bridgehead atoms. The van der Waals surface area contributed by atoms with Gasteiger partial charge in [-0.3, -0.25) is 9.59 Å². The minimum absolute atomic E-state index is 0.0894. The molecule has 0 spiro atoms. The third-order valence-corrected chi connectivity index (χ3v) is 4.66. The van der Waals surface area contributed by atoms with Gasteiger partial charge in [-0.2, -0.15) is 13.2 Å². The number of benzene rings is 2. The van der Waals surface area contributed by atoms with Crippen LogP contribution in [-0.2, 0) is 4.79 Å². The van der Waals surface area contributed by atoms with Gasteiger partial charge < -0.3 is 20.7 Å². The molecule has 2 rings (SSSR count). The van der Waals surface area contributed by atoms with Crippen LogP contribution in [0.15, 0.2) is 24.3 Å². The van der Waals surface area contributed by atoms with Gasteiger partial charge in [-0.25, -0.2) is 4.39 Å². The molecule has 0 saturated carbocycles. The summed E-state index contributed by atoms with van der Waals surface area (Å²) < 4.78 is 56.2. The van der Waals surface area contributed by atoms with E-state index in [-0.39, 0.29) is 23.4 Å². The number of alkyl halides is 3. The maximum Gasteiger partial charge on any atom is 0.405 e. The Morgan fingerprint density at radius 1 is 1.10 bits per heavy atom. The van der Waals surface area contributed by atoms with Crippen LogP contribution in [0.3, 0.4) is 0 Å². The van der Waals surface area contributed by atoms with Gasteiger partial charge in [-0.1, -0.05) is 11.6 Å². The van der Waals surface area contributed by atoms with Crippen molar-refractivity contribution in [3.05, 3.63) is 51.8 Å². The lowest BCUT2D eigenvalue weighted by Crippen LogP contribution is -2.33. The molecule has 0 saturated heterocycles. The minimum atomic E-state index is -4.60. The summed E-state index contributed by atoms with van der Waals surface area (Å²) >= 11 is 6.03. The van der Waals surface area contributed by atoms with Crippen LogP contribution in [-0.4, -0.2) is 38.2 Å². The second-order valence-electron chi connectivity index (χ2n) is 6.63. The molecule has 3 N–H and O–H groups in total. The highest BCUT2D eigenvalue weighted by Crippen LogP contribution is 2.31. The van der Waals surface area contributed by atoms with Gasteiger partial charge in [0.1, 0.15) is 18.1 Å². The van der Waals surface area contributed by atoms with Crippen LogP contribution >= 0.6 is 11.6 Å². The molecule has 2 aromatic rings. The van der Waals surface area contributed by atoms with E-state index in [4.69, 9.17) is 16.3 Å². The summed E-state index contributed by atoms with van der Waals surface area (Å²) in [5, 5.41) is 7.44. The Balaban J connectivity index is 2.11. The number of hydrogen-bond donors (Lipinski definition) is 3. The first kappa shape index (κ1) is 24.3. The van der Waals surface area contributed by atoms with Gasteiger partial charge in [0.2, 0.25) is 5.91 Å². The fourth-order valence-electron chi connectivity index (χ4n) is 2.58. The lowest BCUT2D eigenvalue weighted by atomic mass is 10.1. The molecule has 0 atom stereocenters. The number of carbonyl (C=O) groups is 2. The van der Waals surface area contributed by atoms with Crippen molar-refractivity contribution in [2.24, 2.45) is 0 Å². The highest BCUT2D eigenvalue weighted by molar-refractivity contribution is 6.31. The highest BCUT2D eigenvalue weighted by Gasteiger charge is 2.28. The van der Waals surface area contributed by atoms with Gasteiger partial charge in [-0.05, 0) is 37.6 Å². The van der Waals surface area contributed by atoms with Gasteiger partial charge in [-0.15, -0.1) is 0 Å². The second kappa shape index (κ2) is 9.86. The number of aryl methyl sites for hydroxylation is 1. The lowest BCUT2D eigenvalue weighted by Gasteiger charge is -2.15. The number of nitrogens with one attached hydrogen (secondary N) is 3. The zero-order chi connectivity index (χ0) is 23.3. The topological polar surface area (TPSA) is 79.5 Å². The first-order chi connectivity index (χ1) is 14.4. The molecule has 31 heavy (non-hydrogen) atoms. The van der Waals surface area contributed by atoms with Crippen molar-refractivity contribution in [2.45, 2.75) is 20.0 Å². The summed E-state index contributed by atoms with van der Waals surface area (Å²) in [5.74, 6) is -2.07. The average molecular weight is 462 g/mol. The molecule has 0 aromatic heterocycles. The third-order valence-electron chi connectivity index (χ3n) is 4.25. The molecule has 0 aliphatic heterocycles. The standard InChI is InChI=1S/C20H20ClF4N3O3/c1-10-4-16(17(31-3)7-13(10)21)28-18(29)8-26-15-6-12(5-14(22)11(15)2)19(30)27-9-20(23,24)25/h4-7,26H,8-9H2,1-3H3,(H,27,30)(H,28,29). The van der Waals surface area contributed by atoms with E-state index in [1.165, 1.54) is 20.1 Å². The Kier molecular flexibility index (Phi) is 7.72. The normalized spacial score (nSPS) is 11.1. The van der Waals surface area contributed by atoms with E-state index in [1.54, 1.807) is 24.4 Å². The summed E-state index contributed by atoms with van der Waals surface area (Å²) in [6, 6.07) is 5.16. The molecule has 0 heterocycles. The zero-order valence-electron chi connectivity index (χ0n) is 16.8. The number of methoxy groups -OCH3 is 1. The molecule has 168 valence electrons. The van der Waals surface area contributed by atoms with E-state index in [2.05, 4.69) is 10.6 Å². The molecular formula is C20H20ClF4N3O3. The predicted molar refractivity (Wildman–Crippen MR) is 109 cm³/mol. The van der Waals surface area contributed by atoms with Gasteiger partial charge in [0.05, 0.1) is 19.3 Å². The van der Waals surface area contributed by atoms with E-state index >= 15 is 0 Å². The monoisotopic (exact) mass is 461 g/mol. The van der Waals surface area contributed by atoms with Gasteiger partial charge in [0.15, 0.2) is 0 Å². The summed E-state index contributed by atoms with van der Waals surface area (Å²) in [7, 11) is 1.41. The molecule has 0 aliphatic rings. The smallest absolute Gasteiger partial charge is 0.405 e. The van der Waals surface area contributed by atoms with E-state index in [1.807, 2.05) is 0 Å². The SMILES string of the molecule is COc1cc(Cl)c(C)cc1NC(=O)CNc1cc(C(=O)NCC(F)(F)F)cc(F)c1C. The Morgan fingerprint density at radius 3 is 2.39 bits per heavy atom. The number of hydrogen-bond acceptors (Lipinski definition) is 4. The Labute approximate surface area is 180 Å². The Bertz CT molecular complexity index is 997. The largest absolute Gasteiger partial charge is 0.495 e. The van der Waals surface area contributed by atoms with E-state index in [0.717, 1.165) is 6.07 Å². The number of rotatable bonds is 7. The maximum atomic E-state index is 14.2. The van der Waals surface area contributed by atoms with Crippen molar-refractivity contribution in [3.63, 3.8) is 0 Å². The molecule has 2 aromatic carbocycles. The summed E-state index contributed by atoms with van der Waals surface area (Å²) in [5.41, 5.74) is 0.956. The number of anilines is 2. The molecule has 0 fully saturated rings. The van der Waals surface area contributed by atoms with Crippen LogP contribution in [0, 0.1) is 19.7 Å². The lowest BCUT2D eigenvalue weighted by molar-refractivity contribution is -0.123. The van der Waals surface area contributed by atoms with E-state index in [9.17, 15) is 27.2 Å². The summed E-state index contributed by atoms with van der Waals surface area (Å²) in [6.45, 7) is 1.29. The maximum absolute atomic E-state index is 14.2. The van der Waals surface area contributed by atoms with E-state index < -0.39 is 30.4 Å². The van der Waals surface area contributed by atoms with Crippen molar-refractivity contribution in [2.75, 3.05) is 30.8 Å². The Hall–Kier alpha value is -3.01. The third kappa shape index (κ3) is 6.74. The summed E-state index contributed by atoms with van der Waals surface area (Å²) in [6.07, 6.45) is -4.60. The molecule has 0 radical (unpaired) electrons. The molecule has 6 nitrogen and oxygen atoms in total.